The first kappa shape index (κ1) is 14.2. The number of esters is 1. The second-order valence-corrected chi connectivity index (χ2v) is 4.35. The van der Waals surface area contributed by atoms with Crippen LogP contribution in [-0.4, -0.2) is 30.0 Å². The topological polar surface area (TPSA) is 68.3 Å². The maximum atomic E-state index is 11.9. The lowest BCUT2D eigenvalue weighted by molar-refractivity contribution is -0.141. The smallest absolute Gasteiger partial charge is 0.307 e. The number of carbonyl (C=O) groups excluding carboxylic acids is 2. The van der Waals surface area contributed by atoms with Gasteiger partial charge in [0.25, 0.3) is 5.91 Å². The highest BCUT2D eigenvalue weighted by Gasteiger charge is 2.20. The van der Waals surface area contributed by atoms with E-state index in [0.29, 0.717) is 5.56 Å². The fraction of sp³-hybridized carbons (Fsp3) is 0.462. The van der Waals surface area contributed by atoms with E-state index in [2.05, 4.69) is 15.0 Å². The number of methoxy groups -OCH3 is 1. The summed E-state index contributed by atoms with van der Waals surface area (Å²) >= 11 is 0. The lowest BCUT2D eigenvalue weighted by Gasteiger charge is -2.21. The van der Waals surface area contributed by atoms with E-state index in [9.17, 15) is 9.59 Å². The minimum atomic E-state index is -0.333. The van der Waals surface area contributed by atoms with Crippen molar-refractivity contribution in [2.45, 2.75) is 26.3 Å². The molecule has 0 radical (unpaired) electrons. The summed E-state index contributed by atoms with van der Waals surface area (Å²) in [6.45, 7) is 3.88. The Morgan fingerprint density at radius 1 is 1.44 bits per heavy atom. The number of nitrogens with zero attached hydrogens (tertiary/aromatic N) is 1. The average molecular weight is 250 g/mol. The summed E-state index contributed by atoms with van der Waals surface area (Å²) in [5, 5.41) is 2.82. The monoisotopic (exact) mass is 250 g/mol. The highest BCUT2D eigenvalue weighted by Crippen LogP contribution is 2.08. The summed E-state index contributed by atoms with van der Waals surface area (Å²) in [5.41, 5.74) is 0.480. The molecule has 1 aromatic heterocycles. The maximum absolute atomic E-state index is 11.9. The van der Waals surface area contributed by atoms with Crippen LogP contribution >= 0.6 is 0 Å². The first-order valence-corrected chi connectivity index (χ1v) is 5.82. The van der Waals surface area contributed by atoms with Gasteiger partial charge in [0.2, 0.25) is 0 Å². The Hall–Kier alpha value is -1.91. The zero-order valence-corrected chi connectivity index (χ0v) is 10.8. The van der Waals surface area contributed by atoms with Crippen molar-refractivity contribution in [1.29, 1.82) is 0 Å². The summed E-state index contributed by atoms with van der Waals surface area (Å²) in [4.78, 5) is 27.1. The highest BCUT2D eigenvalue weighted by molar-refractivity contribution is 5.94. The zero-order valence-electron chi connectivity index (χ0n) is 10.8. The van der Waals surface area contributed by atoms with Gasteiger partial charge in [-0.05, 0) is 18.1 Å². The van der Waals surface area contributed by atoms with E-state index in [-0.39, 0.29) is 30.3 Å². The third-order valence-corrected chi connectivity index (χ3v) is 2.66. The van der Waals surface area contributed by atoms with Crippen LogP contribution in [0.5, 0.6) is 0 Å². The largest absolute Gasteiger partial charge is 0.469 e. The molecule has 18 heavy (non-hydrogen) atoms. The van der Waals surface area contributed by atoms with E-state index < -0.39 is 0 Å². The lowest BCUT2D eigenvalue weighted by Crippen LogP contribution is -2.40. The molecule has 5 heteroatoms. The Balaban J connectivity index is 2.67. The van der Waals surface area contributed by atoms with Gasteiger partial charge >= 0.3 is 5.97 Å². The van der Waals surface area contributed by atoms with Crippen LogP contribution in [-0.2, 0) is 9.53 Å². The molecule has 0 aromatic carbocycles. The second kappa shape index (κ2) is 6.74. The molecule has 0 saturated heterocycles. The average Bonchev–Trinajstić information content (AvgIpc) is 2.38. The SMILES string of the molecule is COC(=O)CC(NC(=O)c1cccnc1)C(C)C. The van der Waals surface area contributed by atoms with Crippen molar-refractivity contribution in [3.05, 3.63) is 30.1 Å². The quantitative estimate of drug-likeness (QED) is 0.802. The van der Waals surface area contributed by atoms with Crippen LogP contribution in [0.1, 0.15) is 30.6 Å². The van der Waals surface area contributed by atoms with Gasteiger partial charge in [-0.1, -0.05) is 13.8 Å². The molecule has 0 spiro atoms. The molecule has 1 aromatic rings. The van der Waals surface area contributed by atoms with Gasteiger partial charge in [0.15, 0.2) is 0 Å². The third kappa shape index (κ3) is 4.16. The Kier molecular flexibility index (Phi) is 5.30. The minimum Gasteiger partial charge on any atom is -0.469 e. The van der Waals surface area contributed by atoms with Gasteiger partial charge < -0.3 is 10.1 Å². The van der Waals surface area contributed by atoms with Gasteiger partial charge in [0, 0.05) is 18.4 Å². The van der Waals surface area contributed by atoms with Crippen molar-refractivity contribution < 1.29 is 14.3 Å². The fourth-order valence-electron chi connectivity index (χ4n) is 1.47. The van der Waals surface area contributed by atoms with Gasteiger partial charge in [0.1, 0.15) is 0 Å². The summed E-state index contributed by atoms with van der Waals surface area (Å²) in [5.74, 6) is -0.421. The van der Waals surface area contributed by atoms with E-state index in [1.165, 1.54) is 13.3 Å². The number of ether oxygens (including phenoxy) is 1. The molecule has 0 bridgehead atoms. The highest BCUT2D eigenvalue weighted by atomic mass is 16.5. The van der Waals surface area contributed by atoms with Crippen molar-refractivity contribution in [3.63, 3.8) is 0 Å². The first-order chi connectivity index (χ1) is 8.54. The number of hydrogen-bond donors (Lipinski definition) is 1. The molecular formula is C13H18N2O3. The second-order valence-electron chi connectivity index (χ2n) is 4.35. The number of carbonyl (C=O) groups is 2. The van der Waals surface area contributed by atoms with E-state index >= 15 is 0 Å². The molecule has 0 fully saturated rings. The summed E-state index contributed by atoms with van der Waals surface area (Å²) in [6, 6.07) is 3.13. The predicted molar refractivity (Wildman–Crippen MR) is 67.0 cm³/mol. The molecule has 5 nitrogen and oxygen atoms in total. The molecule has 1 amide bonds. The molecule has 0 aliphatic heterocycles. The van der Waals surface area contributed by atoms with Crippen LogP contribution in [0, 0.1) is 5.92 Å². The van der Waals surface area contributed by atoms with Crippen LogP contribution < -0.4 is 5.32 Å². The standard InChI is InChI=1S/C13H18N2O3/c1-9(2)11(7-12(16)18-3)15-13(17)10-5-4-6-14-8-10/h4-6,8-9,11H,7H2,1-3H3,(H,15,17). The van der Waals surface area contributed by atoms with Crippen LogP contribution in [0.4, 0.5) is 0 Å². The van der Waals surface area contributed by atoms with Gasteiger partial charge in [-0.3, -0.25) is 14.6 Å². The number of hydrogen-bond acceptors (Lipinski definition) is 4. The Bertz CT molecular complexity index is 404. The number of nitrogens with one attached hydrogen (secondary N) is 1. The van der Waals surface area contributed by atoms with Gasteiger partial charge in [-0.15, -0.1) is 0 Å². The van der Waals surface area contributed by atoms with Crippen LogP contribution in [0.15, 0.2) is 24.5 Å². The third-order valence-electron chi connectivity index (χ3n) is 2.66. The van der Waals surface area contributed by atoms with Gasteiger partial charge in [-0.2, -0.15) is 0 Å². The molecule has 98 valence electrons. The maximum Gasteiger partial charge on any atom is 0.307 e. The molecule has 0 aliphatic rings. The summed E-state index contributed by atoms with van der Waals surface area (Å²) in [7, 11) is 1.34. The van der Waals surface area contributed by atoms with Crippen LogP contribution in [0.25, 0.3) is 0 Å². The molecular weight excluding hydrogens is 232 g/mol. The van der Waals surface area contributed by atoms with Gasteiger partial charge in [0.05, 0.1) is 19.1 Å². The predicted octanol–water partition coefficient (Wildman–Crippen LogP) is 1.40. The number of aromatic nitrogens is 1. The Morgan fingerprint density at radius 3 is 2.67 bits per heavy atom. The van der Waals surface area contributed by atoms with Crippen molar-refractivity contribution in [2.75, 3.05) is 7.11 Å². The normalized spacial score (nSPS) is 12.0. The van der Waals surface area contributed by atoms with E-state index in [1.54, 1.807) is 18.3 Å². The molecule has 1 N–H and O–H groups in total. The number of pyridine rings is 1. The van der Waals surface area contributed by atoms with Crippen LogP contribution in [0.3, 0.4) is 0 Å². The zero-order chi connectivity index (χ0) is 13.5. The van der Waals surface area contributed by atoms with E-state index in [4.69, 9.17) is 0 Å². The Labute approximate surface area is 107 Å². The van der Waals surface area contributed by atoms with Crippen molar-refractivity contribution >= 4 is 11.9 Å². The summed E-state index contributed by atoms with van der Waals surface area (Å²) < 4.78 is 4.62. The number of rotatable bonds is 5. The minimum absolute atomic E-state index is 0.143. The molecule has 1 unspecified atom stereocenters. The molecule has 1 heterocycles. The fourth-order valence-corrected chi connectivity index (χ4v) is 1.47. The van der Waals surface area contributed by atoms with E-state index in [1.807, 2.05) is 13.8 Å². The van der Waals surface area contributed by atoms with Gasteiger partial charge in [-0.25, -0.2) is 0 Å². The van der Waals surface area contributed by atoms with E-state index in [0.717, 1.165) is 0 Å². The molecule has 0 saturated carbocycles. The molecule has 1 rings (SSSR count). The molecule has 0 aliphatic carbocycles. The van der Waals surface area contributed by atoms with Crippen molar-refractivity contribution in [1.82, 2.24) is 10.3 Å². The number of amides is 1. The molecule has 1 atom stereocenters. The lowest BCUT2D eigenvalue weighted by atomic mass is 10.0. The van der Waals surface area contributed by atoms with Crippen LogP contribution in [0.2, 0.25) is 0 Å². The van der Waals surface area contributed by atoms with Crippen molar-refractivity contribution in [2.24, 2.45) is 5.92 Å². The van der Waals surface area contributed by atoms with Crippen molar-refractivity contribution in [3.8, 4) is 0 Å². The Morgan fingerprint density at radius 2 is 2.17 bits per heavy atom. The first-order valence-electron chi connectivity index (χ1n) is 5.82. The summed E-state index contributed by atoms with van der Waals surface area (Å²) in [6.07, 6.45) is 3.26.